The summed E-state index contributed by atoms with van der Waals surface area (Å²) in [5.74, 6) is 1.60. The lowest BCUT2D eigenvalue weighted by atomic mass is 10.1. The molecule has 0 spiro atoms. The molecule has 0 aliphatic rings. The number of nitrogens with one attached hydrogen (secondary N) is 1. The highest BCUT2D eigenvalue weighted by molar-refractivity contribution is 5.94. The normalized spacial score (nSPS) is 12.0. The fraction of sp³-hybridized carbons (Fsp3) is 0.227. The van der Waals surface area contributed by atoms with Gasteiger partial charge in [-0.1, -0.05) is 42.4 Å². The first-order valence-electron chi connectivity index (χ1n) is 9.64. The second-order valence-electron chi connectivity index (χ2n) is 7.18. The molecule has 1 aromatic carbocycles. The van der Waals surface area contributed by atoms with Gasteiger partial charge >= 0.3 is 0 Å². The van der Waals surface area contributed by atoms with Gasteiger partial charge in [-0.3, -0.25) is 9.78 Å². The second-order valence-corrected chi connectivity index (χ2v) is 7.18. The molecule has 1 N–H and O–H groups in total. The van der Waals surface area contributed by atoms with Crippen LogP contribution in [0.15, 0.2) is 59.5 Å². The summed E-state index contributed by atoms with van der Waals surface area (Å²) in [6, 6.07) is 11.7. The first-order chi connectivity index (χ1) is 14.5. The van der Waals surface area contributed by atoms with E-state index in [2.05, 4.69) is 20.4 Å². The number of amides is 1. The van der Waals surface area contributed by atoms with Crippen LogP contribution in [0.3, 0.4) is 0 Å². The van der Waals surface area contributed by atoms with Crippen molar-refractivity contribution in [1.82, 2.24) is 30.0 Å². The molecule has 8 nitrogen and oxygen atoms in total. The van der Waals surface area contributed by atoms with Gasteiger partial charge in [0.25, 0.3) is 5.91 Å². The quantitative estimate of drug-likeness (QED) is 0.531. The molecule has 3 aromatic heterocycles. The Labute approximate surface area is 174 Å². The molecule has 1 amide bonds. The van der Waals surface area contributed by atoms with E-state index in [9.17, 15) is 4.79 Å². The van der Waals surface area contributed by atoms with Crippen molar-refractivity contribution in [3.63, 3.8) is 0 Å². The number of aromatic nitrogens is 5. The Bertz CT molecular complexity index is 1170. The highest BCUT2D eigenvalue weighted by Gasteiger charge is 2.16. The van der Waals surface area contributed by atoms with Gasteiger partial charge in [-0.05, 0) is 6.07 Å². The van der Waals surface area contributed by atoms with Gasteiger partial charge < -0.3 is 14.4 Å². The monoisotopic (exact) mass is 402 g/mol. The number of nitrogens with zero attached hydrogens (tertiary/aromatic N) is 5. The lowest BCUT2D eigenvalue weighted by molar-refractivity contribution is 0.0951. The zero-order valence-corrected chi connectivity index (χ0v) is 17.0. The molecule has 0 bridgehead atoms. The van der Waals surface area contributed by atoms with Crippen molar-refractivity contribution in [3.05, 3.63) is 72.1 Å². The predicted molar refractivity (Wildman–Crippen MR) is 112 cm³/mol. The predicted octanol–water partition coefficient (Wildman–Crippen LogP) is 3.37. The van der Waals surface area contributed by atoms with Crippen molar-refractivity contribution in [2.24, 2.45) is 7.05 Å². The molecule has 30 heavy (non-hydrogen) atoms. The third-order valence-electron chi connectivity index (χ3n) is 4.79. The summed E-state index contributed by atoms with van der Waals surface area (Å²) in [5, 5.41) is 6.82. The van der Waals surface area contributed by atoms with Gasteiger partial charge in [0.1, 0.15) is 5.82 Å². The van der Waals surface area contributed by atoms with Crippen molar-refractivity contribution >= 4 is 5.91 Å². The molecule has 8 heteroatoms. The number of rotatable bonds is 6. The maximum atomic E-state index is 12.6. The van der Waals surface area contributed by atoms with Crippen LogP contribution in [-0.4, -0.2) is 37.1 Å². The van der Waals surface area contributed by atoms with Gasteiger partial charge in [-0.15, -0.1) is 0 Å². The average Bonchev–Trinajstić information content (AvgIpc) is 3.38. The average molecular weight is 402 g/mol. The van der Waals surface area contributed by atoms with E-state index in [0.29, 0.717) is 29.4 Å². The highest BCUT2D eigenvalue weighted by Crippen LogP contribution is 2.22. The van der Waals surface area contributed by atoms with Crippen molar-refractivity contribution < 1.29 is 9.32 Å². The van der Waals surface area contributed by atoms with E-state index in [1.807, 2.05) is 55.1 Å². The van der Waals surface area contributed by atoms with Crippen LogP contribution in [0.4, 0.5) is 0 Å². The third-order valence-corrected chi connectivity index (χ3v) is 4.79. The molecule has 4 aromatic rings. The second kappa shape index (κ2) is 8.28. The van der Waals surface area contributed by atoms with Crippen LogP contribution in [0, 0.1) is 6.92 Å². The Hall–Kier alpha value is -3.81. The summed E-state index contributed by atoms with van der Waals surface area (Å²) in [6.45, 7) is 4.20. The molecule has 152 valence electrons. The Kier molecular flexibility index (Phi) is 5.38. The van der Waals surface area contributed by atoms with Crippen molar-refractivity contribution in [3.8, 4) is 22.8 Å². The fourth-order valence-corrected chi connectivity index (χ4v) is 3.14. The van der Waals surface area contributed by atoms with Crippen molar-refractivity contribution in [2.75, 3.05) is 6.54 Å². The van der Waals surface area contributed by atoms with Gasteiger partial charge in [0.05, 0.1) is 11.3 Å². The van der Waals surface area contributed by atoms with Crippen molar-refractivity contribution in [1.29, 1.82) is 0 Å². The van der Waals surface area contributed by atoms with Gasteiger partial charge in [0, 0.05) is 56.2 Å². The topological polar surface area (TPSA) is 98.7 Å². The van der Waals surface area contributed by atoms with Crippen LogP contribution < -0.4 is 5.32 Å². The van der Waals surface area contributed by atoms with Crippen LogP contribution in [0.25, 0.3) is 22.8 Å². The van der Waals surface area contributed by atoms with Crippen molar-refractivity contribution in [2.45, 2.75) is 19.8 Å². The summed E-state index contributed by atoms with van der Waals surface area (Å²) in [6.07, 6.45) is 5.12. The molecule has 0 aliphatic carbocycles. The van der Waals surface area contributed by atoms with E-state index >= 15 is 0 Å². The van der Waals surface area contributed by atoms with E-state index in [0.717, 1.165) is 17.1 Å². The molecule has 0 fully saturated rings. The van der Waals surface area contributed by atoms with Gasteiger partial charge in [-0.25, -0.2) is 4.98 Å². The molecule has 0 saturated heterocycles. The Morgan fingerprint density at radius 1 is 1.17 bits per heavy atom. The van der Waals surface area contributed by atoms with Crippen LogP contribution >= 0.6 is 0 Å². The summed E-state index contributed by atoms with van der Waals surface area (Å²) in [7, 11) is 1.97. The summed E-state index contributed by atoms with van der Waals surface area (Å²) >= 11 is 0. The van der Waals surface area contributed by atoms with Gasteiger partial charge in [0.2, 0.25) is 11.7 Å². The summed E-state index contributed by atoms with van der Waals surface area (Å²) < 4.78 is 7.00. The molecule has 4 rings (SSSR count). The number of benzene rings is 1. The zero-order valence-electron chi connectivity index (χ0n) is 17.0. The van der Waals surface area contributed by atoms with E-state index < -0.39 is 0 Å². The number of aryl methyl sites for hydroxylation is 2. The zero-order chi connectivity index (χ0) is 21.1. The summed E-state index contributed by atoms with van der Waals surface area (Å²) in [4.78, 5) is 25.7. The highest BCUT2D eigenvalue weighted by atomic mass is 16.5. The minimum atomic E-state index is -0.212. The molecule has 1 unspecified atom stereocenters. The minimum Gasteiger partial charge on any atom is -0.351 e. The molecule has 3 heterocycles. The van der Waals surface area contributed by atoms with Crippen LogP contribution in [0.1, 0.15) is 34.8 Å². The largest absolute Gasteiger partial charge is 0.351 e. The van der Waals surface area contributed by atoms with E-state index in [4.69, 9.17) is 9.51 Å². The van der Waals surface area contributed by atoms with Gasteiger partial charge in [0.15, 0.2) is 0 Å². The third kappa shape index (κ3) is 4.12. The number of pyridine rings is 1. The molecule has 0 saturated carbocycles. The number of carbonyl (C=O) groups excluding carboxylic acids is 1. The minimum absolute atomic E-state index is 0.0496. The molecule has 1 atom stereocenters. The van der Waals surface area contributed by atoms with Crippen LogP contribution in [0.2, 0.25) is 0 Å². The van der Waals surface area contributed by atoms with Gasteiger partial charge in [-0.2, -0.15) is 4.98 Å². The smallest absolute Gasteiger partial charge is 0.252 e. The standard InChI is InChI=1S/C22H22N6O2/c1-14(19-13-28(3)21(26-19)16-7-5-4-6-8-16)10-24-22(29)18-9-17(11-23-12-18)20-25-15(2)30-27-20/h4-9,11-14H,10H2,1-3H3,(H,24,29). The first-order valence-corrected chi connectivity index (χ1v) is 9.64. The van der Waals surface area contributed by atoms with E-state index in [1.165, 1.54) is 6.20 Å². The SMILES string of the molecule is Cc1nc(-c2cncc(C(=O)NCC(C)c3cn(C)c(-c4ccccc4)n3)c2)no1. The lowest BCUT2D eigenvalue weighted by Crippen LogP contribution is -2.27. The van der Waals surface area contributed by atoms with Crippen LogP contribution in [0.5, 0.6) is 0 Å². The number of imidazole rings is 1. The molecular formula is C22H22N6O2. The molecule has 0 radical (unpaired) electrons. The Morgan fingerprint density at radius 3 is 2.70 bits per heavy atom. The van der Waals surface area contributed by atoms with E-state index in [-0.39, 0.29) is 11.8 Å². The first kappa shape index (κ1) is 19.5. The number of hydrogen-bond donors (Lipinski definition) is 1. The van der Waals surface area contributed by atoms with Crippen LogP contribution in [-0.2, 0) is 7.05 Å². The molecule has 0 aliphatic heterocycles. The maximum absolute atomic E-state index is 12.6. The Balaban J connectivity index is 1.43. The fourth-order valence-electron chi connectivity index (χ4n) is 3.14. The Morgan fingerprint density at radius 2 is 1.97 bits per heavy atom. The molecular weight excluding hydrogens is 380 g/mol. The van der Waals surface area contributed by atoms with E-state index in [1.54, 1.807) is 19.2 Å². The maximum Gasteiger partial charge on any atom is 0.252 e. The number of hydrogen-bond acceptors (Lipinski definition) is 6. The number of carbonyl (C=O) groups is 1. The lowest BCUT2D eigenvalue weighted by Gasteiger charge is -2.10. The summed E-state index contributed by atoms with van der Waals surface area (Å²) in [5.41, 5.74) is 3.05.